The molecule has 74 valence electrons. The zero-order valence-corrected chi connectivity index (χ0v) is 7.85. The molecule has 4 N–H and O–H groups in total. The van der Waals surface area contributed by atoms with Crippen molar-refractivity contribution in [3.8, 4) is 11.5 Å². The Morgan fingerprint density at radius 2 is 1.46 bits per heavy atom. The van der Waals surface area contributed by atoms with Crippen molar-refractivity contribution in [3.63, 3.8) is 0 Å². The summed E-state index contributed by atoms with van der Waals surface area (Å²) in [5.74, 6) is 0.176. The van der Waals surface area contributed by atoms with Crippen LogP contribution in [0.1, 0.15) is 0 Å². The van der Waals surface area contributed by atoms with E-state index in [9.17, 15) is 4.57 Å². The smallest absolute Gasteiger partial charge is 0.322 e. The first-order valence-corrected chi connectivity index (χ1v) is 5.36. The summed E-state index contributed by atoms with van der Waals surface area (Å²) in [5, 5.41) is 17.3. The molecule has 0 saturated carbocycles. The largest absolute Gasteiger partial charge is 0.508 e. The molecule has 0 heterocycles. The van der Waals surface area contributed by atoms with Crippen molar-refractivity contribution in [1.82, 2.24) is 0 Å². The van der Waals surface area contributed by atoms with Crippen molar-refractivity contribution in [3.05, 3.63) is 24.3 Å². The lowest BCUT2D eigenvalue weighted by atomic mass is 10.3. The molecule has 0 aliphatic carbocycles. The Morgan fingerprint density at radius 1 is 1.15 bits per heavy atom. The number of phenolic OH excluding ortho intramolecular Hbond substituents is 2. The second-order valence-corrected chi connectivity index (χ2v) is 4.03. The standard InChI is InChI=1S/C6H6O2.CH5O3P/c7-5-2-1-3-6(8)4-5;1-5(2,3)4/h1-4,7-8H;1H3,(H2,2,3,4). The van der Waals surface area contributed by atoms with Crippen molar-refractivity contribution < 1.29 is 24.6 Å². The van der Waals surface area contributed by atoms with Gasteiger partial charge in [0, 0.05) is 12.7 Å². The fourth-order valence-electron chi connectivity index (χ4n) is 0.493. The van der Waals surface area contributed by atoms with Crippen molar-refractivity contribution >= 4 is 7.60 Å². The topological polar surface area (TPSA) is 98.0 Å². The summed E-state index contributed by atoms with van der Waals surface area (Å²) in [4.78, 5) is 15.3. The first kappa shape index (κ1) is 12.0. The molecule has 0 aliphatic rings. The lowest BCUT2D eigenvalue weighted by Crippen LogP contribution is -1.64. The Balaban J connectivity index is 0.000000252. The van der Waals surface area contributed by atoms with Gasteiger partial charge in [0.1, 0.15) is 11.5 Å². The summed E-state index contributed by atoms with van der Waals surface area (Å²) in [6.07, 6.45) is 0. The van der Waals surface area contributed by atoms with E-state index in [-0.39, 0.29) is 11.5 Å². The van der Waals surface area contributed by atoms with Crippen molar-refractivity contribution in [2.24, 2.45) is 0 Å². The van der Waals surface area contributed by atoms with Crippen LogP contribution >= 0.6 is 7.60 Å². The van der Waals surface area contributed by atoms with Gasteiger partial charge in [0.05, 0.1) is 0 Å². The molecule has 1 rings (SSSR count). The van der Waals surface area contributed by atoms with Crippen molar-refractivity contribution in [2.45, 2.75) is 0 Å². The Hall–Kier alpha value is -1.03. The Morgan fingerprint density at radius 3 is 1.62 bits per heavy atom. The fraction of sp³-hybridized carbons (Fsp3) is 0.143. The van der Waals surface area contributed by atoms with Gasteiger partial charge in [-0.3, -0.25) is 4.57 Å². The molecule has 1 aromatic carbocycles. The average Bonchev–Trinajstić information content (AvgIpc) is 1.81. The first-order chi connectivity index (χ1) is 5.79. The molecule has 5 nitrogen and oxygen atoms in total. The van der Waals surface area contributed by atoms with E-state index in [4.69, 9.17) is 20.0 Å². The zero-order chi connectivity index (χ0) is 10.5. The third-order valence-corrected chi connectivity index (χ3v) is 0.830. The molecule has 0 aliphatic heterocycles. The molecule has 0 saturated heterocycles. The van der Waals surface area contributed by atoms with Crippen LogP contribution in [0, 0.1) is 0 Å². The van der Waals surface area contributed by atoms with E-state index in [1.165, 1.54) is 18.2 Å². The highest BCUT2D eigenvalue weighted by Gasteiger charge is 1.95. The predicted octanol–water partition coefficient (Wildman–Crippen LogP) is 0.892. The van der Waals surface area contributed by atoms with Gasteiger partial charge >= 0.3 is 7.60 Å². The SMILES string of the molecule is CP(=O)(O)O.Oc1cccc(O)c1. The molecule has 0 aromatic heterocycles. The average molecular weight is 206 g/mol. The van der Waals surface area contributed by atoms with E-state index in [1.807, 2.05) is 0 Å². The molecular weight excluding hydrogens is 195 g/mol. The molecule has 0 bridgehead atoms. The first-order valence-electron chi connectivity index (χ1n) is 3.30. The molecule has 6 heteroatoms. The van der Waals surface area contributed by atoms with Crippen LogP contribution in [0.3, 0.4) is 0 Å². The number of phenols is 2. The second kappa shape index (κ2) is 4.87. The molecule has 0 spiro atoms. The predicted molar refractivity (Wildman–Crippen MR) is 47.7 cm³/mol. The van der Waals surface area contributed by atoms with Gasteiger partial charge in [0.2, 0.25) is 0 Å². The third kappa shape index (κ3) is 11.0. The van der Waals surface area contributed by atoms with Crippen LogP contribution in [0.2, 0.25) is 0 Å². The number of aromatic hydroxyl groups is 2. The van der Waals surface area contributed by atoms with Gasteiger partial charge in [-0.2, -0.15) is 0 Å². The highest BCUT2D eigenvalue weighted by atomic mass is 31.2. The minimum Gasteiger partial charge on any atom is -0.508 e. The molecule has 1 aromatic rings. The summed E-state index contributed by atoms with van der Waals surface area (Å²) in [6, 6.07) is 5.85. The lowest BCUT2D eigenvalue weighted by molar-refractivity contribution is 0.381. The van der Waals surface area contributed by atoms with Crippen molar-refractivity contribution in [2.75, 3.05) is 6.66 Å². The number of hydrogen-bond donors (Lipinski definition) is 4. The maximum Gasteiger partial charge on any atom is 0.322 e. The van der Waals surface area contributed by atoms with E-state index in [0.29, 0.717) is 0 Å². The monoisotopic (exact) mass is 206 g/mol. The minimum absolute atomic E-state index is 0.0880. The molecule has 0 unspecified atom stereocenters. The van der Waals surface area contributed by atoms with Crippen LogP contribution < -0.4 is 0 Å². The van der Waals surface area contributed by atoms with E-state index in [1.54, 1.807) is 6.07 Å². The summed E-state index contributed by atoms with van der Waals surface area (Å²) >= 11 is 0. The van der Waals surface area contributed by atoms with Gasteiger partial charge in [-0.05, 0) is 12.1 Å². The molecule has 0 radical (unpaired) electrons. The van der Waals surface area contributed by atoms with Crippen molar-refractivity contribution in [1.29, 1.82) is 0 Å². The van der Waals surface area contributed by atoms with Crippen LogP contribution in [-0.2, 0) is 4.57 Å². The second-order valence-electron chi connectivity index (χ2n) is 2.36. The van der Waals surface area contributed by atoms with E-state index in [2.05, 4.69) is 0 Å². The molecule has 0 amide bonds. The van der Waals surface area contributed by atoms with Gasteiger partial charge in [0.25, 0.3) is 0 Å². The Bertz CT molecular complexity index is 280. The lowest BCUT2D eigenvalue weighted by Gasteiger charge is -1.89. The quantitative estimate of drug-likeness (QED) is 0.472. The van der Waals surface area contributed by atoms with Crippen LogP contribution in [-0.4, -0.2) is 26.7 Å². The van der Waals surface area contributed by atoms with E-state index < -0.39 is 7.60 Å². The molecular formula is C7H11O5P. The summed E-state index contributed by atoms with van der Waals surface area (Å²) in [5.41, 5.74) is 0. The van der Waals surface area contributed by atoms with Crippen LogP contribution in [0.4, 0.5) is 0 Å². The number of hydrogen-bond acceptors (Lipinski definition) is 3. The van der Waals surface area contributed by atoms with E-state index >= 15 is 0 Å². The molecule has 0 fully saturated rings. The highest BCUT2D eigenvalue weighted by Crippen LogP contribution is 2.26. The molecule has 13 heavy (non-hydrogen) atoms. The third-order valence-electron chi connectivity index (χ3n) is 0.830. The highest BCUT2D eigenvalue weighted by molar-refractivity contribution is 7.50. The van der Waals surface area contributed by atoms with E-state index in [0.717, 1.165) is 6.66 Å². The van der Waals surface area contributed by atoms with Gasteiger partial charge < -0.3 is 20.0 Å². The van der Waals surface area contributed by atoms with Gasteiger partial charge in [-0.15, -0.1) is 0 Å². The fourth-order valence-corrected chi connectivity index (χ4v) is 0.493. The summed E-state index contributed by atoms with van der Waals surface area (Å²) in [6.45, 7) is 0.854. The van der Waals surface area contributed by atoms with Crippen LogP contribution in [0.5, 0.6) is 11.5 Å². The Labute approximate surface area is 75.4 Å². The summed E-state index contributed by atoms with van der Waals surface area (Å²) in [7, 11) is -3.64. The number of benzene rings is 1. The minimum atomic E-state index is -3.64. The van der Waals surface area contributed by atoms with Gasteiger partial charge in [-0.1, -0.05) is 6.07 Å². The van der Waals surface area contributed by atoms with Gasteiger partial charge in [0.15, 0.2) is 0 Å². The van der Waals surface area contributed by atoms with Crippen LogP contribution in [0.15, 0.2) is 24.3 Å². The normalized spacial score (nSPS) is 10.1. The maximum absolute atomic E-state index is 9.33. The zero-order valence-electron chi connectivity index (χ0n) is 6.95. The summed E-state index contributed by atoms with van der Waals surface area (Å²) < 4.78 is 9.33. The van der Waals surface area contributed by atoms with Gasteiger partial charge in [-0.25, -0.2) is 0 Å². The molecule has 0 atom stereocenters. The maximum atomic E-state index is 9.33. The van der Waals surface area contributed by atoms with Crippen LogP contribution in [0.25, 0.3) is 0 Å². The Kier molecular flexibility index (Phi) is 4.48. The number of rotatable bonds is 0.